The van der Waals surface area contributed by atoms with Crippen molar-refractivity contribution in [1.82, 2.24) is 0 Å². The Bertz CT molecular complexity index is 669. The molecule has 1 N–H and O–H groups in total. The Morgan fingerprint density at radius 1 is 1.29 bits per heavy atom. The molecule has 0 fully saturated rings. The van der Waals surface area contributed by atoms with E-state index in [0.29, 0.717) is 5.71 Å². The second-order valence-corrected chi connectivity index (χ2v) is 5.91. The normalized spacial score (nSPS) is 13.1. The fourth-order valence-electron chi connectivity index (χ4n) is 1.98. The molecule has 2 aromatic rings. The molecule has 0 radical (unpaired) electrons. The topological polar surface area (TPSA) is 58.9 Å². The van der Waals surface area contributed by atoms with E-state index in [4.69, 9.17) is 9.94 Å². The van der Waals surface area contributed by atoms with E-state index in [-0.39, 0.29) is 17.6 Å². The zero-order valence-electron chi connectivity index (χ0n) is 11.9. The van der Waals surface area contributed by atoms with Crippen LogP contribution in [0, 0.1) is 0 Å². The van der Waals surface area contributed by atoms with Gasteiger partial charge in [0.05, 0.1) is 24.5 Å². The van der Waals surface area contributed by atoms with Crippen molar-refractivity contribution in [1.29, 1.82) is 0 Å². The van der Waals surface area contributed by atoms with Crippen LogP contribution in [0.3, 0.4) is 0 Å². The molecule has 0 bridgehead atoms. The lowest BCUT2D eigenvalue weighted by Gasteiger charge is -2.14. The number of thioether (sulfide) groups is 1. The van der Waals surface area contributed by atoms with Gasteiger partial charge in [0.1, 0.15) is 0 Å². The zero-order valence-corrected chi connectivity index (χ0v) is 12.8. The molecule has 0 aliphatic carbocycles. The monoisotopic (exact) mass is 303 g/mol. The van der Waals surface area contributed by atoms with E-state index in [2.05, 4.69) is 17.3 Å². The van der Waals surface area contributed by atoms with Gasteiger partial charge in [0.2, 0.25) is 0 Å². The molecule has 1 unspecified atom stereocenters. The number of hydrogen-bond acceptors (Lipinski definition) is 5. The average Bonchev–Trinajstić information content (AvgIpc) is 2.53. The minimum Gasteiger partial charge on any atom is -0.469 e. The van der Waals surface area contributed by atoms with Crippen LogP contribution in [0.15, 0.2) is 52.5 Å². The summed E-state index contributed by atoms with van der Waals surface area (Å²) in [6.07, 6.45) is 0.171. The first-order valence-electron chi connectivity index (χ1n) is 6.55. The van der Waals surface area contributed by atoms with Crippen LogP contribution in [-0.4, -0.2) is 29.2 Å². The first-order valence-corrected chi connectivity index (χ1v) is 7.43. The molecule has 2 aromatic carbocycles. The van der Waals surface area contributed by atoms with E-state index in [9.17, 15) is 4.79 Å². The maximum atomic E-state index is 11.5. The fraction of sp³-hybridized carbons (Fsp3) is 0.250. The molecule has 0 aliphatic rings. The number of rotatable bonds is 5. The molecular formula is C16H17NO3S. The molecular weight excluding hydrogens is 286 g/mol. The molecule has 0 spiro atoms. The molecule has 5 heteroatoms. The molecule has 21 heavy (non-hydrogen) atoms. The second-order valence-electron chi connectivity index (χ2n) is 4.64. The lowest BCUT2D eigenvalue weighted by molar-refractivity contribution is -0.140. The molecule has 4 nitrogen and oxygen atoms in total. The summed E-state index contributed by atoms with van der Waals surface area (Å²) in [7, 11) is 1.35. The van der Waals surface area contributed by atoms with Gasteiger partial charge < -0.3 is 9.94 Å². The van der Waals surface area contributed by atoms with Crippen molar-refractivity contribution in [2.24, 2.45) is 5.16 Å². The summed E-state index contributed by atoms with van der Waals surface area (Å²) in [5, 5.41) is 14.2. The highest BCUT2D eigenvalue weighted by atomic mass is 32.2. The van der Waals surface area contributed by atoms with Crippen molar-refractivity contribution in [2.45, 2.75) is 23.5 Å². The van der Waals surface area contributed by atoms with Crippen LogP contribution >= 0.6 is 11.8 Å². The van der Waals surface area contributed by atoms with Crippen molar-refractivity contribution in [3.63, 3.8) is 0 Å². The van der Waals surface area contributed by atoms with E-state index in [1.807, 2.05) is 30.3 Å². The summed E-state index contributed by atoms with van der Waals surface area (Å²) < 4.78 is 4.69. The number of ether oxygens (including phenoxy) is 1. The first kappa shape index (κ1) is 15.4. The van der Waals surface area contributed by atoms with Gasteiger partial charge in [-0.3, -0.25) is 4.79 Å². The smallest absolute Gasteiger partial charge is 0.307 e. The van der Waals surface area contributed by atoms with Crippen LogP contribution in [0.5, 0.6) is 0 Å². The number of carbonyl (C=O) groups is 1. The Morgan fingerprint density at radius 2 is 2.00 bits per heavy atom. The van der Waals surface area contributed by atoms with Gasteiger partial charge in [0.15, 0.2) is 0 Å². The van der Waals surface area contributed by atoms with Crippen LogP contribution in [0.25, 0.3) is 10.8 Å². The highest BCUT2D eigenvalue weighted by Crippen LogP contribution is 2.29. The number of fused-ring (bicyclic) bond motifs is 1. The van der Waals surface area contributed by atoms with Gasteiger partial charge in [-0.05, 0) is 29.8 Å². The van der Waals surface area contributed by atoms with E-state index >= 15 is 0 Å². The number of carbonyl (C=O) groups excluding carboxylic acids is 1. The van der Waals surface area contributed by atoms with Gasteiger partial charge in [-0.1, -0.05) is 35.5 Å². The van der Waals surface area contributed by atoms with Crippen molar-refractivity contribution >= 4 is 34.2 Å². The minimum atomic E-state index is -0.323. The van der Waals surface area contributed by atoms with Gasteiger partial charge in [0.25, 0.3) is 0 Å². The van der Waals surface area contributed by atoms with Gasteiger partial charge in [0, 0.05) is 4.90 Å². The summed E-state index contributed by atoms with van der Waals surface area (Å²) in [5.41, 5.74) is 0.499. The SMILES string of the molecule is COC(=O)CC(Sc1ccc2ccccc2c1)/C(C)=N/O. The molecule has 0 amide bonds. The van der Waals surface area contributed by atoms with Gasteiger partial charge in [-0.2, -0.15) is 0 Å². The number of benzene rings is 2. The number of nitrogens with zero attached hydrogens (tertiary/aromatic N) is 1. The van der Waals surface area contributed by atoms with Crippen LogP contribution in [0.4, 0.5) is 0 Å². The van der Waals surface area contributed by atoms with Crippen LogP contribution in [0.1, 0.15) is 13.3 Å². The van der Waals surface area contributed by atoms with Crippen molar-refractivity contribution < 1.29 is 14.7 Å². The molecule has 2 rings (SSSR count). The fourth-order valence-corrected chi connectivity index (χ4v) is 3.09. The van der Waals surface area contributed by atoms with Crippen LogP contribution in [-0.2, 0) is 9.53 Å². The summed E-state index contributed by atoms with van der Waals surface area (Å²) in [5.74, 6) is -0.323. The van der Waals surface area contributed by atoms with Crippen molar-refractivity contribution in [2.75, 3.05) is 7.11 Å². The Morgan fingerprint density at radius 3 is 2.67 bits per heavy atom. The van der Waals surface area contributed by atoms with Crippen molar-refractivity contribution in [3.8, 4) is 0 Å². The predicted octanol–water partition coefficient (Wildman–Crippen LogP) is 3.71. The second kappa shape index (κ2) is 7.13. The van der Waals surface area contributed by atoms with Gasteiger partial charge in [-0.15, -0.1) is 11.8 Å². The Balaban J connectivity index is 2.23. The minimum absolute atomic E-state index is 0.171. The van der Waals surface area contributed by atoms with E-state index < -0.39 is 0 Å². The van der Waals surface area contributed by atoms with E-state index in [0.717, 1.165) is 10.3 Å². The van der Waals surface area contributed by atoms with E-state index in [1.54, 1.807) is 6.92 Å². The lowest BCUT2D eigenvalue weighted by Crippen LogP contribution is -2.19. The maximum absolute atomic E-state index is 11.5. The standard InChI is InChI=1S/C16H17NO3S/c1-11(17-19)15(10-16(18)20-2)21-14-8-7-12-5-3-4-6-13(12)9-14/h3-9,15,19H,10H2,1-2H3/b17-11+. The molecule has 0 aliphatic heterocycles. The lowest BCUT2D eigenvalue weighted by atomic mass is 10.1. The molecule has 1 atom stereocenters. The molecule has 0 saturated heterocycles. The molecule has 0 aromatic heterocycles. The highest BCUT2D eigenvalue weighted by molar-refractivity contribution is 8.00. The van der Waals surface area contributed by atoms with Crippen LogP contribution in [0.2, 0.25) is 0 Å². The third-order valence-corrected chi connectivity index (χ3v) is 4.52. The maximum Gasteiger partial charge on any atom is 0.307 e. The average molecular weight is 303 g/mol. The van der Waals surface area contributed by atoms with Gasteiger partial charge >= 0.3 is 5.97 Å². The Hall–Kier alpha value is -2.01. The largest absolute Gasteiger partial charge is 0.469 e. The van der Waals surface area contributed by atoms with Gasteiger partial charge in [-0.25, -0.2) is 0 Å². The zero-order chi connectivity index (χ0) is 15.2. The number of hydrogen-bond donors (Lipinski definition) is 1. The van der Waals surface area contributed by atoms with E-state index in [1.165, 1.54) is 24.3 Å². The first-order chi connectivity index (χ1) is 10.1. The summed E-state index contributed by atoms with van der Waals surface area (Å²) in [4.78, 5) is 12.5. The molecule has 0 saturated carbocycles. The predicted molar refractivity (Wildman–Crippen MR) is 85.1 cm³/mol. The van der Waals surface area contributed by atoms with Crippen molar-refractivity contribution in [3.05, 3.63) is 42.5 Å². The number of methoxy groups -OCH3 is 1. The Labute approximate surface area is 127 Å². The highest BCUT2D eigenvalue weighted by Gasteiger charge is 2.19. The number of esters is 1. The third kappa shape index (κ3) is 3.98. The number of oxime groups is 1. The summed E-state index contributed by atoms with van der Waals surface area (Å²) in [6, 6.07) is 14.2. The third-order valence-electron chi connectivity index (χ3n) is 3.20. The van der Waals surface area contributed by atoms with Crippen LogP contribution < -0.4 is 0 Å². The summed E-state index contributed by atoms with van der Waals surface area (Å²) in [6.45, 7) is 1.70. The Kier molecular flexibility index (Phi) is 5.22. The molecule has 110 valence electrons. The quantitative estimate of drug-likeness (QED) is 0.301. The molecule has 0 heterocycles. The summed E-state index contributed by atoms with van der Waals surface area (Å²) >= 11 is 1.49.